The van der Waals surface area contributed by atoms with Crippen molar-refractivity contribution in [2.45, 2.75) is 0 Å². The zero-order chi connectivity index (χ0) is 13.1. The molecular weight excluding hydrogens is 340 g/mol. The fourth-order valence-electron chi connectivity index (χ4n) is 1.16. The van der Waals surface area contributed by atoms with E-state index in [-0.39, 0.29) is 6.03 Å². The van der Waals surface area contributed by atoms with Crippen LogP contribution in [-0.4, -0.2) is 23.3 Å². The molecule has 0 aliphatic carbocycles. The molecule has 2 rings (SSSR count). The number of carbonyl (C=O) groups excluding carboxylic acids is 1. The third-order valence-corrected chi connectivity index (χ3v) is 3.76. The second-order valence-corrected chi connectivity index (χ2v) is 6.00. The standard InChI is InChI=1S/C10H8BrClN4OS/c1-16(10-15-14-8(11)18-10)9(17)13-7-4-2-6(12)3-5-7/h2-5H,1H3,(H,13,17). The Labute approximate surface area is 121 Å². The summed E-state index contributed by atoms with van der Waals surface area (Å²) in [5, 5.41) is 11.5. The van der Waals surface area contributed by atoms with Crippen molar-refractivity contribution in [2.24, 2.45) is 0 Å². The molecule has 0 bridgehead atoms. The molecule has 1 aromatic heterocycles. The average molecular weight is 348 g/mol. The van der Waals surface area contributed by atoms with Crippen molar-refractivity contribution in [3.8, 4) is 0 Å². The summed E-state index contributed by atoms with van der Waals surface area (Å²) in [4.78, 5) is 13.3. The highest BCUT2D eigenvalue weighted by molar-refractivity contribution is 9.11. The molecule has 0 aliphatic heterocycles. The zero-order valence-electron chi connectivity index (χ0n) is 9.22. The van der Waals surface area contributed by atoms with Gasteiger partial charge in [-0.2, -0.15) is 0 Å². The molecule has 1 heterocycles. The van der Waals surface area contributed by atoms with Crippen molar-refractivity contribution in [3.05, 3.63) is 33.2 Å². The maximum atomic E-state index is 11.9. The summed E-state index contributed by atoms with van der Waals surface area (Å²) in [7, 11) is 1.62. The molecule has 8 heteroatoms. The van der Waals surface area contributed by atoms with E-state index >= 15 is 0 Å². The molecule has 1 aromatic carbocycles. The molecule has 0 saturated heterocycles. The highest BCUT2D eigenvalue weighted by atomic mass is 79.9. The zero-order valence-corrected chi connectivity index (χ0v) is 12.4. The molecule has 18 heavy (non-hydrogen) atoms. The Morgan fingerprint density at radius 1 is 1.39 bits per heavy atom. The lowest BCUT2D eigenvalue weighted by Gasteiger charge is -2.14. The summed E-state index contributed by atoms with van der Waals surface area (Å²) in [5.74, 6) is 0. The molecule has 0 saturated carbocycles. The van der Waals surface area contributed by atoms with E-state index in [4.69, 9.17) is 11.6 Å². The van der Waals surface area contributed by atoms with Crippen LogP contribution in [0.2, 0.25) is 5.02 Å². The Morgan fingerprint density at radius 2 is 2.06 bits per heavy atom. The highest BCUT2D eigenvalue weighted by Crippen LogP contribution is 2.23. The molecule has 0 unspecified atom stereocenters. The molecule has 0 radical (unpaired) electrons. The number of benzene rings is 1. The Kier molecular flexibility index (Phi) is 4.15. The van der Waals surface area contributed by atoms with E-state index in [1.165, 1.54) is 16.2 Å². The molecule has 0 aliphatic rings. The van der Waals surface area contributed by atoms with Gasteiger partial charge in [-0.1, -0.05) is 22.9 Å². The second-order valence-electron chi connectivity index (χ2n) is 3.33. The maximum absolute atomic E-state index is 11.9. The van der Waals surface area contributed by atoms with Crippen LogP contribution in [0.25, 0.3) is 0 Å². The van der Waals surface area contributed by atoms with Crippen LogP contribution < -0.4 is 10.2 Å². The van der Waals surface area contributed by atoms with Gasteiger partial charge in [0.15, 0.2) is 3.92 Å². The van der Waals surface area contributed by atoms with Crippen molar-refractivity contribution < 1.29 is 4.79 Å². The van der Waals surface area contributed by atoms with Crippen molar-refractivity contribution in [3.63, 3.8) is 0 Å². The van der Waals surface area contributed by atoms with E-state index in [1.54, 1.807) is 31.3 Å². The third kappa shape index (κ3) is 3.18. The molecule has 5 nitrogen and oxygen atoms in total. The van der Waals surface area contributed by atoms with Crippen LogP contribution in [0.5, 0.6) is 0 Å². The second kappa shape index (κ2) is 5.64. The minimum atomic E-state index is -0.291. The lowest BCUT2D eigenvalue weighted by molar-refractivity contribution is 0.258. The normalized spacial score (nSPS) is 10.2. The molecule has 2 aromatic rings. The lowest BCUT2D eigenvalue weighted by atomic mass is 10.3. The average Bonchev–Trinajstić information content (AvgIpc) is 2.78. The van der Waals surface area contributed by atoms with Gasteiger partial charge in [-0.25, -0.2) is 4.79 Å². The van der Waals surface area contributed by atoms with Gasteiger partial charge in [-0.05, 0) is 40.2 Å². The van der Waals surface area contributed by atoms with E-state index in [0.717, 1.165) is 0 Å². The van der Waals surface area contributed by atoms with Crippen LogP contribution in [0.15, 0.2) is 28.2 Å². The van der Waals surface area contributed by atoms with Gasteiger partial charge < -0.3 is 5.32 Å². The predicted octanol–water partition coefficient (Wildman–Crippen LogP) is 3.62. The minimum Gasteiger partial charge on any atom is -0.307 e. The number of urea groups is 1. The first-order chi connectivity index (χ1) is 8.56. The van der Waals surface area contributed by atoms with Crippen LogP contribution in [0.3, 0.4) is 0 Å². The number of rotatable bonds is 2. The van der Waals surface area contributed by atoms with Gasteiger partial charge >= 0.3 is 6.03 Å². The molecule has 0 spiro atoms. The van der Waals surface area contributed by atoms with Gasteiger partial charge in [0.1, 0.15) is 0 Å². The van der Waals surface area contributed by atoms with Gasteiger partial charge in [0.25, 0.3) is 0 Å². The number of nitrogens with zero attached hydrogens (tertiary/aromatic N) is 3. The van der Waals surface area contributed by atoms with Gasteiger partial charge in [0, 0.05) is 17.8 Å². The monoisotopic (exact) mass is 346 g/mol. The van der Waals surface area contributed by atoms with Crippen LogP contribution in [-0.2, 0) is 0 Å². The Morgan fingerprint density at radius 3 is 2.61 bits per heavy atom. The van der Waals surface area contributed by atoms with E-state index in [1.807, 2.05) is 0 Å². The largest absolute Gasteiger partial charge is 0.327 e. The number of amides is 2. The Bertz CT molecular complexity index is 559. The fraction of sp³-hybridized carbons (Fsp3) is 0.100. The highest BCUT2D eigenvalue weighted by Gasteiger charge is 2.15. The topological polar surface area (TPSA) is 58.1 Å². The van der Waals surface area contributed by atoms with Gasteiger partial charge in [-0.15, -0.1) is 10.2 Å². The molecular formula is C10H8BrClN4OS. The summed E-state index contributed by atoms with van der Waals surface area (Å²) in [6.07, 6.45) is 0. The van der Waals surface area contributed by atoms with Gasteiger partial charge in [0.05, 0.1) is 0 Å². The van der Waals surface area contributed by atoms with Crippen LogP contribution in [0.4, 0.5) is 15.6 Å². The van der Waals surface area contributed by atoms with Crippen molar-refractivity contribution >= 4 is 55.7 Å². The molecule has 0 atom stereocenters. The number of anilines is 2. The maximum Gasteiger partial charge on any atom is 0.327 e. The van der Waals surface area contributed by atoms with Crippen LogP contribution in [0.1, 0.15) is 0 Å². The van der Waals surface area contributed by atoms with E-state index in [2.05, 4.69) is 31.4 Å². The number of aromatic nitrogens is 2. The fourth-order valence-corrected chi connectivity index (χ4v) is 2.33. The van der Waals surface area contributed by atoms with E-state index in [0.29, 0.717) is 19.8 Å². The summed E-state index contributed by atoms with van der Waals surface area (Å²) >= 11 is 10.2. The van der Waals surface area contributed by atoms with Gasteiger partial charge in [-0.3, -0.25) is 4.90 Å². The number of hydrogen-bond donors (Lipinski definition) is 1. The van der Waals surface area contributed by atoms with Gasteiger partial charge in [0.2, 0.25) is 5.13 Å². The first-order valence-corrected chi connectivity index (χ1v) is 6.84. The van der Waals surface area contributed by atoms with Crippen LogP contribution >= 0.6 is 38.9 Å². The predicted molar refractivity (Wildman–Crippen MR) is 76.5 cm³/mol. The smallest absolute Gasteiger partial charge is 0.307 e. The number of halogens is 2. The summed E-state index contributed by atoms with van der Waals surface area (Å²) in [5.41, 5.74) is 0.667. The summed E-state index contributed by atoms with van der Waals surface area (Å²) in [6, 6.07) is 6.58. The van der Waals surface area contributed by atoms with Crippen molar-refractivity contribution in [1.82, 2.24) is 10.2 Å². The molecule has 2 amide bonds. The van der Waals surface area contributed by atoms with E-state index in [9.17, 15) is 4.79 Å². The third-order valence-electron chi connectivity index (χ3n) is 2.08. The lowest BCUT2D eigenvalue weighted by Crippen LogP contribution is -2.31. The first-order valence-electron chi connectivity index (χ1n) is 4.85. The molecule has 0 fully saturated rings. The summed E-state index contributed by atoms with van der Waals surface area (Å²) in [6.45, 7) is 0. The van der Waals surface area contributed by atoms with Crippen LogP contribution in [0, 0.1) is 0 Å². The Hall–Kier alpha value is -1.18. The quantitative estimate of drug-likeness (QED) is 0.902. The van der Waals surface area contributed by atoms with Crippen molar-refractivity contribution in [2.75, 3.05) is 17.3 Å². The SMILES string of the molecule is CN(C(=O)Nc1ccc(Cl)cc1)c1nnc(Br)s1. The number of nitrogens with one attached hydrogen (secondary N) is 1. The minimum absolute atomic E-state index is 0.291. The van der Waals surface area contributed by atoms with Crippen molar-refractivity contribution in [1.29, 1.82) is 0 Å². The number of carbonyl (C=O) groups is 1. The number of hydrogen-bond acceptors (Lipinski definition) is 4. The summed E-state index contributed by atoms with van der Waals surface area (Å²) < 4.78 is 0.628. The Balaban J connectivity index is 2.05. The molecule has 1 N–H and O–H groups in total. The molecule has 94 valence electrons. The van der Waals surface area contributed by atoms with E-state index < -0.39 is 0 Å². The first kappa shape index (κ1) is 13.3.